The van der Waals surface area contributed by atoms with Crippen LogP contribution in [0.3, 0.4) is 0 Å². The SMILES string of the molecule is CC(NC(=O)N1CCN(S(=O)(=O)c2ccc(Cl)s2)CC1)c1ccc(F)cc1. The van der Waals surface area contributed by atoms with Crippen LogP contribution in [0.2, 0.25) is 4.34 Å². The molecule has 1 aromatic heterocycles. The average molecular weight is 432 g/mol. The second-order valence-electron chi connectivity index (χ2n) is 6.17. The predicted molar refractivity (Wildman–Crippen MR) is 103 cm³/mol. The third-order valence-electron chi connectivity index (χ3n) is 4.38. The first-order valence-electron chi connectivity index (χ1n) is 8.34. The third-order valence-corrected chi connectivity index (χ3v) is 7.98. The van der Waals surface area contributed by atoms with E-state index in [9.17, 15) is 17.6 Å². The van der Waals surface area contributed by atoms with Gasteiger partial charge >= 0.3 is 6.03 Å². The van der Waals surface area contributed by atoms with Crippen molar-refractivity contribution in [2.75, 3.05) is 26.2 Å². The molecule has 2 aromatic rings. The normalized spacial score (nSPS) is 16.9. The molecule has 6 nitrogen and oxygen atoms in total. The standard InChI is InChI=1S/C17H19ClFN3O3S2/c1-12(13-2-4-14(19)5-3-13)20-17(23)21-8-10-22(11-9-21)27(24,25)16-7-6-15(18)26-16/h2-7,12H,8-11H2,1H3,(H,20,23). The molecule has 1 aliphatic rings. The Morgan fingerprint density at radius 1 is 1.15 bits per heavy atom. The summed E-state index contributed by atoms with van der Waals surface area (Å²) in [6.45, 7) is 2.83. The second kappa shape index (κ2) is 8.14. The van der Waals surface area contributed by atoms with Crippen molar-refractivity contribution >= 4 is 39.0 Å². The van der Waals surface area contributed by atoms with Crippen molar-refractivity contribution in [1.82, 2.24) is 14.5 Å². The zero-order chi connectivity index (χ0) is 19.6. The fourth-order valence-corrected chi connectivity index (χ4v) is 5.87. The number of halogens is 2. The van der Waals surface area contributed by atoms with Gasteiger partial charge in [-0.3, -0.25) is 0 Å². The molecular weight excluding hydrogens is 413 g/mol. The molecule has 2 heterocycles. The molecule has 27 heavy (non-hydrogen) atoms. The Kier molecular flexibility index (Phi) is 6.05. The Morgan fingerprint density at radius 3 is 2.33 bits per heavy atom. The molecule has 0 bridgehead atoms. The Bertz CT molecular complexity index is 910. The van der Waals surface area contributed by atoms with Crippen molar-refractivity contribution in [3.8, 4) is 0 Å². The van der Waals surface area contributed by atoms with Crippen molar-refractivity contribution in [3.63, 3.8) is 0 Å². The van der Waals surface area contributed by atoms with Gasteiger partial charge in [0.15, 0.2) is 0 Å². The Morgan fingerprint density at radius 2 is 1.78 bits per heavy atom. The summed E-state index contributed by atoms with van der Waals surface area (Å²) in [6, 6.07) is 8.42. The maximum atomic E-state index is 13.0. The number of benzene rings is 1. The summed E-state index contributed by atoms with van der Waals surface area (Å²) in [4.78, 5) is 14.0. The predicted octanol–water partition coefficient (Wildman–Crippen LogP) is 3.32. The van der Waals surface area contributed by atoms with Crippen molar-refractivity contribution in [1.29, 1.82) is 0 Å². The molecule has 1 aliphatic heterocycles. The minimum absolute atomic E-state index is 0.204. The number of amides is 2. The summed E-state index contributed by atoms with van der Waals surface area (Å²) in [5.74, 6) is -0.332. The van der Waals surface area contributed by atoms with Crippen LogP contribution in [0.4, 0.5) is 9.18 Å². The van der Waals surface area contributed by atoms with Gasteiger partial charge in [-0.1, -0.05) is 23.7 Å². The molecular formula is C17H19ClFN3O3S2. The van der Waals surface area contributed by atoms with Crippen molar-refractivity contribution in [2.24, 2.45) is 0 Å². The fraction of sp³-hybridized carbons (Fsp3) is 0.353. The lowest BCUT2D eigenvalue weighted by Crippen LogP contribution is -2.53. The molecule has 0 aliphatic carbocycles. The maximum absolute atomic E-state index is 13.0. The molecule has 1 unspecified atom stereocenters. The lowest BCUT2D eigenvalue weighted by molar-refractivity contribution is 0.169. The summed E-state index contributed by atoms with van der Waals surface area (Å²) < 4.78 is 40.2. The Balaban J connectivity index is 1.57. The van der Waals surface area contributed by atoms with E-state index in [1.807, 2.05) is 6.92 Å². The van der Waals surface area contributed by atoms with Crippen LogP contribution in [0.25, 0.3) is 0 Å². The zero-order valence-electron chi connectivity index (χ0n) is 14.6. The van der Waals surface area contributed by atoms with Gasteiger partial charge in [0.25, 0.3) is 10.0 Å². The molecule has 3 rings (SSSR count). The highest BCUT2D eigenvalue weighted by molar-refractivity contribution is 7.91. The van der Waals surface area contributed by atoms with Crippen molar-refractivity contribution in [2.45, 2.75) is 17.2 Å². The lowest BCUT2D eigenvalue weighted by atomic mass is 10.1. The first-order valence-corrected chi connectivity index (χ1v) is 11.0. The van der Waals surface area contributed by atoms with Gasteiger partial charge in [0.1, 0.15) is 10.0 Å². The van der Waals surface area contributed by atoms with E-state index < -0.39 is 10.0 Å². The largest absolute Gasteiger partial charge is 0.331 e. The van der Waals surface area contributed by atoms with E-state index >= 15 is 0 Å². The number of hydrogen-bond acceptors (Lipinski definition) is 4. The van der Waals surface area contributed by atoms with Gasteiger partial charge in [-0.15, -0.1) is 11.3 Å². The minimum Gasteiger partial charge on any atom is -0.331 e. The molecule has 0 spiro atoms. The highest BCUT2D eigenvalue weighted by Crippen LogP contribution is 2.28. The van der Waals surface area contributed by atoms with Crippen LogP contribution in [0.1, 0.15) is 18.5 Å². The number of rotatable bonds is 4. The number of urea groups is 1. The lowest BCUT2D eigenvalue weighted by Gasteiger charge is -2.34. The monoisotopic (exact) mass is 431 g/mol. The van der Waals surface area contributed by atoms with Crippen LogP contribution < -0.4 is 5.32 Å². The highest BCUT2D eigenvalue weighted by Gasteiger charge is 2.31. The average Bonchev–Trinajstić information content (AvgIpc) is 3.09. The smallest absolute Gasteiger partial charge is 0.317 e. The number of piperazine rings is 1. The van der Waals surface area contributed by atoms with Gasteiger partial charge in [0.05, 0.1) is 10.4 Å². The molecule has 10 heteroatoms. The van der Waals surface area contributed by atoms with Gasteiger partial charge in [0, 0.05) is 26.2 Å². The molecule has 0 saturated carbocycles. The topological polar surface area (TPSA) is 69.7 Å². The fourth-order valence-electron chi connectivity index (χ4n) is 2.81. The van der Waals surface area contributed by atoms with Crippen LogP contribution in [-0.4, -0.2) is 49.8 Å². The van der Waals surface area contributed by atoms with Gasteiger partial charge in [-0.25, -0.2) is 17.6 Å². The Labute approximate surface area is 166 Å². The van der Waals surface area contributed by atoms with Crippen molar-refractivity contribution < 1.29 is 17.6 Å². The van der Waals surface area contributed by atoms with Crippen LogP contribution in [0.15, 0.2) is 40.6 Å². The van der Waals surface area contributed by atoms with Crippen molar-refractivity contribution in [3.05, 3.63) is 52.1 Å². The van der Waals surface area contributed by atoms with Gasteiger partial charge in [-0.2, -0.15) is 4.31 Å². The zero-order valence-corrected chi connectivity index (χ0v) is 17.0. The number of nitrogens with zero attached hydrogens (tertiary/aromatic N) is 2. The first-order chi connectivity index (χ1) is 12.8. The molecule has 1 N–H and O–H groups in total. The van der Waals surface area contributed by atoms with Crippen LogP contribution in [0.5, 0.6) is 0 Å². The van der Waals surface area contributed by atoms with E-state index in [2.05, 4.69) is 5.32 Å². The molecule has 146 valence electrons. The minimum atomic E-state index is -3.59. The highest BCUT2D eigenvalue weighted by atomic mass is 35.5. The molecule has 0 radical (unpaired) electrons. The Hall–Kier alpha value is -1.68. The number of nitrogens with one attached hydrogen (secondary N) is 1. The first kappa shape index (κ1) is 20.1. The molecule has 2 amide bonds. The molecule has 1 atom stereocenters. The quantitative estimate of drug-likeness (QED) is 0.807. The molecule has 1 fully saturated rings. The van der Waals surface area contributed by atoms with E-state index in [4.69, 9.17) is 11.6 Å². The van der Waals surface area contributed by atoms with E-state index in [1.165, 1.54) is 22.5 Å². The number of hydrogen-bond donors (Lipinski definition) is 1. The number of thiophene rings is 1. The summed E-state index contributed by atoms with van der Waals surface area (Å²) in [7, 11) is -3.59. The summed E-state index contributed by atoms with van der Waals surface area (Å²) in [6.07, 6.45) is 0. The van der Waals surface area contributed by atoms with E-state index in [0.29, 0.717) is 17.4 Å². The summed E-state index contributed by atoms with van der Waals surface area (Å²) >= 11 is 6.85. The summed E-state index contributed by atoms with van der Waals surface area (Å²) in [5.41, 5.74) is 0.792. The van der Waals surface area contributed by atoms with E-state index in [1.54, 1.807) is 23.1 Å². The number of sulfonamides is 1. The van der Waals surface area contributed by atoms with Crippen LogP contribution in [-0.2, 0) is 10.0 Å². The van der Waals surface area contributed by atoms with Gasteiger partial charge in [-0.05, 0) is 36.8 Å². The number of carbonyl (C=O) groups excluding carboxylic acids is 1. The number of carbonyl (C=O) groups is 1. The molecule has 1 aromatic carbocycles. The van der Waals surface area contributed by atoms with Gasteiger partial charge in [0.2, 0.25) is 0 Å². The van der Waals surface area contributed by atoms with E-state index in [0.717, 1.165) is 16.9 Å². The van der Waals surface area contributed by atoms with Crippen LogP contribution in [0, 0.1) is 5.82 Å². The maximum Gasteiger partial charge on any atom is 0.317 e. The summed E-state index contributed by atoms with van der Waals surface area (Å²) in [5, 5.41) is 2.86. The molecule has 1 saturated heterocycles. The van der Waals surface area contributed by atoms with Crippen LogP contribution >= 0.6 is 22.9 Å². The van der Waals surface area contributed by atoms with E-state index in [-0.39, 0.29) is 35.2 Å². The second-order valence-corrected chi connectivity index (χ2v) is 10.1. The third kappa shape index (κ3) is 4.60. The van der Waals surface area contributed by atoms with Gasteiger partial charge < -0.3 is 10.2 Å².